The summed E-state index contributed by atoms with van der Waals surface area (Å²) in [5, 5.41) is 19.0. The first-order valence-corrected chi connectivity index (χ1v) is 10.6. The Balaban J connectivity index is 2.60. The van der Waals surface area contributed by atoms with Gasteiger partial charge in [0.1, 0.15) is 11.6 Å². The second-order valence-electron chi connectivity index (χ2n) is 9.25. The van der Waals surface area contributed by atoms with Crippen molar-refractivity contribution in [1.29, 1.82) is 0 Å². The van der Waals surface area contributed by atoms with Crippen LogP contribution in [-0.2, 0) is 14.4 Å². The third-order valence-electron chi connectivity index (χ3n) is 6.83. The van der Waals surface area contributed by atoms with Gasteiger partial charge in [-0.1, -0.05) is 61.3 Å². The molecule has 1 unspecified atom stereocenters. The Bertz CT molecular complexity index is 857. The van der Waals surface area contributed by atoms with Crippen LogP contribution in [0.2, 0.25) is 0 Å². The van der Waals surface area contributed by atoms with Gasteiger partial charge in [0.25, 0.3) is 0 Å². The van der Waals surface area contributed by atoms with Gasteiger partial charge >= 0.3 is 5.97 Å². The van der Waals surface area contributed by atoms with Crippen LogP contribution in [0.3, 0.4) is 0 Å². The van der Waals surface area contributed by atoms with Crippen molar-refractivity contribution >= 4 is 17.5 Å². The second kappa shape index (κ2) is 9.25. The van der Waals surface area contributed by atoms with Crippen LogP contribution in [0.15, 0.2) is 46.6 Å². The molecule has 5 heteroatoms. The van der Waals surface area contributed by atoms with Crippen molar-refractivity contribution in [1.82, 2.24) is 0 Å². The maximum Gasteiger partial charge on any atom is 0.328 e. The number of fused-ring (bicyclic) bond motifs is 1. The van der Waals surface area contributed by atoms with E-state index in [0.29, 0.717) is 6.42 Å². The maximum atomic E-state index is 12.8. The van der Waals surface area contributed by atoms with Crippen molar-refractivity contribution in [2.75, 3.05) is 6.61 Å². The van der Waals surface area contributed by atoms with Crippen LogP contribution in [0.1, 0.15) is 54.4 Å². The molecule has 1 fully saturated rings. The standard InChI is InChI=1S/C25H34O5/c1-14-9-19-10-15(2)24(30)18(5)23(19)21(20(14)12-17(4)27)11-16(3)25(6,13-26)8-7-22(28)29/h7-9,11,15,18,21,23,26H,10,12-13H2,1-6H3,(H,28,29)/b8-7+,16-11+/t15-,18+,21+,23+,25?/m1/s1. The number of carboxylic acids is 1. The van der Waals surface area contributed by atoms with E-state index >= 15 is 0 Å². The van der Waals surface area contributed by atoms with Gasteiger partial charge in [0, 0.05) is 35.7 Å². The number of rotatable bonds is 7. The molecule has 0 aromatic rings. The number of carbonyl (C=O) groups is 3. The monoisotopic (exact) mass is 414 g/mol. The van der Waals surface area contributed by atoms with E-state index in [2.05, 4.69) is 6.08 Å². The summed E-state index contributed by atoms with van der Waals surface area (Å²) in [5.41, 5.74) is 3.28. The first kappa shape index (κ1) is 24.0. The predicted octanol–water partition coefficient (Wildman–Crippen LogP) is 4.29. The van der Waals surface area contributed by atoms with Gasteiger partial charge in [-0.3, -0.25) is 9.59 Å². The molecule has 0 aromatic heterocycles. The summed E-state index contributed by atoms with van der Waals surface area (Å²) in [7, 11) is 0. The summed E-state index contributed by atoms with van der Waals surface area (Å²) in [5.74, 6) is -1.10. The number of hydrogen-bond acceptors (Lipinski definition) is 4. The molecular weight excluding hydrogens is 380 g/mol. The smallest absolute Gasteiger partial charge is 0.328 e. The van der Waals surface area contributed by atoms with Gasteiger partial charge in [0.2, 0.25) is 0 Å². The Morgan fingerprint density at radius 1 is 1.27 bits per heavy atom. The zero-order valence-corrected chi connectivity index (χ0v) is 18.9. The predicted molar refractivity (Wildman–Crippen MR) is 117 cm³/mol. The highest BCUT2D eigenvalue weighted by Crippen LogP contribution is 2.48. The minimum atomic E-state index is -1.07. The molecule has 2 aliphatic rings. The average molecular weight is 415 g/mol. The molecule has 0 heterocycles. The minimum absolute atomic E-state index is 0.0170. The Labute approximate surface area is 179 Å². The lowest BCUT2D eigenvalue weighted by atomic mass is 9.60. The fraction of sp³-hybridized carbons (Fsp3) is 0.560. The number of aliphatic hydroxyl groups excluding tert-OH is 1. The lowest BCUT2D eigenvalue weighted by Gasteiger charge is -2.43. The summed E-state index contributed by atoms with van der Waals surface area (Å²) in [6.07, 6.45) is 7.78. The molecule has 1 saturated carbocycles. The lowest BCUT2D eigenvalue weighted by Crippen LogP contribution is -2.40. The van der Waals surface area contributed by atoms with Gasteiger partial charge in [-0.25, -0.2) is 4.79 Å². The molecule has 2 N–H and O–H groups in total. The molecular formula is C25H34O5. The number of aliphatic hydroxyl groups is 1. The summed E-state index contributed by atoms with van der Waals surface area (Å²) in [6.45, 7) is 10.9. The molecule has 0 bridgehead atoms. The SMILES string of the molecule is CC(=O)CC1=C(C)C=C2C[C@@H](C)C(=O)[C@@H](C)[C@@H]2[C@H]1/C=C(\C)C(C)(/C=C/C(=O)O)CO. The Kier molecular flexibility index (Phi) is 7.40. The third-order valence-corrected chi connectivity index (χ3v) is 6.83. The number of carbonyl (C=O) groups excluding carboxylic acids is 2. The zero-order chi connectivity index (χ0) is 22.8. The van der Waals surface area contributed by atoms with Crippen molar-refractivity contribution in [3.8, 4) is 0 Å². The van der Waals surface area contributed by atoms with Crippen LogP contribution in [0.25, 0.3) is 0 Å². The molecule has 5 nitrogen and oxygen atoms in total. The first-order chi connectivity index (χ1) is 13.9. The molecule has 0 amide bonds. The highest BCUT2D eigenvalue weighted by molar-refractivity contribution is 5.86. The van der Waals surface area contributed by atoms with E-state index in [0.717, 1.165) is 29.2 Å². The topological polar surface area (TPSA) is 91.7 Å². The zero-order valence-electron chi connectivity index (χ0n) is 18.9. The van der Waals surface area contributed by atoms with Crippen LogP contribution < -0.4 is 0 Å². The van der Waals surface area contributed by atoms with E-state index in [9.17, 15) is 19.5 Å². The fourth-order valence-electron chi connectivity index (χ4n) is 4.84. The van der Waals surface area contributed by atoms with Crippen LogP contribution in [0.5, 0.6) is 0 Å². The fourth-order valence-corrected chi connectivity index (χ4v) is 4.84. The highest BCUT2D eigenvalue weighted by Gasteiger charge is 2.43. The molecule has 2 aliphatic carbocycles. The van der Waals surface area contributed by atoms with E-state index in [1.54, 1.807) is 13.8 Å². The molecule has 0 aliphatic heterocycles. The Morgan fingerprint density at radius 2 is 1.90 bits per heavy atom. The number of ketones is 2. The van der Waals surface area contributed by atoms with Gasteiger partial charge in [0.15, 0.2) is 0 Å². The quantitative estimate of drug-likeness (QED) is 0.479. The Morgan fingerprint density at radius 3 is 2.43 bits per heavy atom. The van der Waals surface area contributed by atoms with Gasteiger partial charge in [-0.15, -0.1) is 0 Å². The van der Waals surface area contributed by atoms with Crippen LogP contribution in [-0.4, -0.2) is 34.4 Å². The molecule has 0 spiro atoms. The van der Waals surface area contributed by atoms with E-state index in [1.165, 1.54) is 11.6 Å². The summed E-state index contributed by atoms with van der Waals surface area (Å²) in [6, 6.07) is 0. The van der Waals surface area contributed by atoms with Gasteiger partial charge < -0.3 is 10.2 Å². The van der Waals surface area contributed by atoms with Gasteiger partial charge in [-0.05, 0) is 33.1 Å². The van der Waals surface area contributed by atoms with Crippen molar-refractivity contribution < 1.29 is 24.6 Å². The van der Waals surface area contributed by atoms with Gasteiger partial charge in [0.05, 0.1) is 6.61 Å². The number of hydrogen-bond donors (Lipinski definition) is 2. The minimum Gasteiger partial charge on any atom is -0.478 e. The summed E-state index contributed by atoms with van der Waals surface area (Å²) in [4.78, 5) is 35.8. The number of carboxylic acid groups (broad SMARTS) is 1. The Hall–Kier alpha value is -2.27. The van der Waals surface area contributed by atoms with Crippen LogP contribution in [0, 0.1) is 29.1 Å². The molecule has 0 radical (unpaired) electrons. The van der Waals surface area contributed by atoms with E-state index in [1.807, 2.05) is 33.8 Å². The highest BCUT2D eigenvalue weighted by atomic mass is 16.4. The normalized spacial score (nSPS) is 29.5. The molecule has 164 valence electrons. The van der Waals surface area contributed by atoms with Crippen LogP contribution >= 0.6 is 0 Å². The molecule has 5 atom stereocenters. The number of allylic oxidation sites excluding steroid dienone is 5. The average Bonchev–Trinajstić information content (AvgIpc) is 2.66. The number of aliphatic carboxylic acids is 1. The van der Waals surface area contributed by atoms with Crippen molar-refractivity contribution in [3.63, 3.8) is 0 Å². The molecule has 0 saturated heterocycles. The third kappa shape index (κ3) is 4.89. The largest absolute Gasteiger partial charge is 0.478 e. The second-order valence-corrected chi connectivity index (χ2v) is 9.25. The van der Waals surface area contributed by atoms with Crippen LogP contribution in [0.4, 0.5) is 0 Å². The summed E-state index contributed by atoms with van der Waals surface area (Å²) < 4.78 is 0. The maximum absolute atomic E-state index is 12.8. The molecule has 0 aromatic carbocycles. The number of Topliss-reactive ketones (excluding diaryl/α,β-unsaturated/α-hetero) is 2. The lowest BCUT2D eigenvalue weighted by molar-refractivity contribution is -0.131. The summed E-state index contributed by atoms with van der Waals surface area (Å²) >= 11 is 0. The van der Waals surface area contributed by atoms with E-state index in [-0.39, 0.29) is 41.8 Å². The molecule has 30 heavy (non-hydrogen) atoms. The first-order valence-electron chi connectivity index (χ1n) is 10.6. The van der Waals surface area contributed by atoms with Crippen molar-refractivity contribution in [2.45, 2.75) is 54.4 Å². The van der Waals surface area contributed by atoms with E-state index < -0.39 is 11.4 Å². The van der Waals surface area contributed by atoms with E-state index in [4.69, 9.17) is 5.11 Å². The molecule has 2 rings (SSSR count). The van der Waals surface area contributed by atoms with Crippen molar-refractivity contribution in [3.05, 3.63) is 46.6 Å². The van der Waals surface area contributed by atoms with Crippen molar-refractivity contribution in [2.24, 2.45) is 29.1 Å². The van der Waals surface area contributed by atoms with Gasteiger partial charge in [-0.2, -0.15) is 0 Å².